The summed E-state index contributed by atoms with van der Waals surface area (Å²) in [5.74, 6) is 0.588. The number of benzene rings is 2. The molecule has 0 aliphatic heterocycles. The molecule has 0 atom stereocenters. The highest BCUT2D eigenvalue weighted by atomic mass is 35.5. The molecule has 6 nitrogen and oxygen atoms in total. The molecule has 5 rings (SSSR count). The van der Waals surface area contributed by atoms with Crippen LogP contribution in [0, 0.1) is 6.92 Å². The van der Waals surface area contributed by atoms with Crippen LogP contribution in [0.5, 0.6) is 0 Å². The summed E-state index contributed by atoms with van der Waals surface area (Å²) in [6, 6.07) is 17.3. The third kappa shape index (κ3) is 3.31. The monoisotopic (exact) mass is 452 g/mol. The molecule has 0 fully saturated rings. The van der Waals surface area contributed by atoms with Gasteiger partial charge in [-0.2, -0.15) is 9.78 Å². The number of aromatic nitrogens is 6. The zero-order valence-electron chi connectivity index (χ0n) is 15.7. The second-order valence-electron chi connectivity index (χ2n) is 6.62. The molecular formula is C21H14Cl2N6S. The van der Waals surface area contributed by atoms with Gasteiger partial charge in [0.25, 0.3) is 0 Å². The smallest absolute Gasteiger partial charge is 0.190 e. The zero-order valence-corrected chi connectivity index (χ0v) is 18.0. The highest BCUT2D eigenvalue weighted by Crippen LogP contribution is 2.36. The molecule has 0 spiro atoms. The Bertz CT molecular complexity index is 1320. The number of tetrazole rings is 1. The number of halogens is 2. The Kier molecular flexibility index (Phi) is 4.86. The fourth-order valence-corrected chi connectivity index (χ4v) is 4.25. The maximum atomic E-state index is 6.38. The molecule has 0 N–H and O–H groups in total. The van der Waals surface area contributed by atoms with E-state index in [0.29, 0.717) is 15.9 Å². The van der Waals surface area contributed by atoms with Crippen molar-refractivity contribution in [2.45, 2.75) is 6.92 Å². The van der Waals surface area contributed by atoms with Gasteiger partial charge < -0.3 is 0 Å². The highest BCUT2D eigenvalue weighted by molar-refractivity contribution is 7.13. The van der Waals surface area contributed by atoms with Crippen LogP contribution in [0.2, 0.25) is 10.0 Å². The summed E-state index contributed by atoms with van der Waals surface area (Å²) in [4.78, 5) is 1.05. The Morgan fingerprint density at radius 1 is 0.933 bits per heavy atom. The maximum Gasteiger partial charge on any atom is 0.190 e. The van der Waals surface area contributed by atoms with Gasteiger partial charge in [-0.05, 0) is 70.8 Å². The molecule has 9 heteroatoms. The third-order valence-electron chi connectivity index (χ3n) is 4.71. The van der Waals surface area contributed by atoms with E-state index in [4.69, 9.17) is 23.2 Å². The molecule has 30 heavy (non-hydrogen) atoms. The van der Waals surface area contributed by atoms with Gasteiger partial charge in [0.2, 0.25) is 0 Å². The van der Waals surface area contributed by atoms with Crippen LogP contribution in [0.15, 0.2) is 66.2 Å². The van der Waals surface area contributed by atoms with Gasteiger partial charge in [-0.15, -0.1) is 16.4 Å². The van der Waals surface area contributed by atoms with Gasteiger partial charge in [-0.25, -0.2) is 4.68 Å². The second-order valence-corrected chi connectivity index (χ2v) is 8.41. The van der Waals surface area contributed by atoms with Gasteiger partial charge in [-0.1, -0.05) is 35.3 Å². The van der Waals surface area contributed by atoms with Crippen molar-refractivity contribution in [3.8, 4) is 33.3 Å². The first-order chi connectivity index (χ1) is 14.6. The van der Waals surface area contributed by atoms with E-state index < -0.39 is 0 Å². The number of hydrogen-bond acceptors (Lipinski definition) is 5. The van der Waals surface area contributed by atoms with Crippen molar-refractivity contribution in [3.05, 3.63) is 81.8 Å². The molecule has 148 valence electrons. The molecule has 0 radical (unpaired) electrons. The van der Waals surface area contributed by atoms with Gasteiger partial charge in [-0.3, -0.25) is 0 Å². The Morgan fingerprint density at radius 3 is 2.47 bits per heavy atom. The largest absolute Gasteiger partial charge is 0.231 e. The molecule has 0 unspecified atom stereocenters. The average Bonchev–Trinajstić information content (AvgIpc) is 3.50. The lowest BCUT2D eigenvalue weighted by Gasteiger charge is -2.10. The lowest BCUT2D eigenvalue weighted by Crippen LogP contribution is -2.02. The van der Waals surface area contributed by atoms with Crippen LogP contribution in [0.25, 0.3) is 33.3 Å². The Labute approximate surface area is 186 Å². The van der Waals surface area contributed by atoms with Crippen LogP contribution in [0.3, 0.4) is 0 Å². The van der Waals surface area contributed by atoms with E-state index in [1.165, 1.54) is 0 Å². The first-order valence-corrected chi connectivity index (χ1v) is 10.7. The van der Waals surface area contributed by atoms with Crippen molar-refractivity contribution in [3.63, 3.8) is 0 Å². The second kappa shape index (κ2) is 7.68. The molecular weight excluding hydrogens is 439 g/mol. The van der Waals surface area contributed by atoms with E-state index in [-0.39, 0.29) is 0 Å². The lowest BCUT2D eigenvalue weighted by atomic mass is 10.1. The van der Waals surface area contributed by atoms with Crippen molar-refractivity contribution < 1.29 is 0 Å². The molecule has 5 aromatic rings. The fraction of sp³-hybridized carbons (Fsp3) is 0.0476. The number of nitrogens with zero attached hydrogens (tertiary/aromatic N) is 6. The summed E-state index contributed by atoms with van der Waals surface area (Å²) in [6.45, 7) is 1.97. The number of aryl methyl sites for hydroxylation is 1. The van der Waals surface area contributed by atoms with E-state index in [1.807, 2.05) is 59.5 Å². The topological polar surface area (TPSA) is 61.4 Å². The average molecular weight is 453 g/mol. The highest BCUT2D eigenvalue weighted by Gasteiger charge is 2.22. The van der Waals surface area contributed by atoms with E-state index in [9.17, 15) is 0 Å². The normalized spacial score (nSPS) is 11.2. The minimum absolute atomic E-state index is 0.588. The predicted molar refractivity (Wildman–Crippen MR) is 120 cm³/mol. The zero-order chi connectivity index (χ0) is 20.7. The van der Waals surface area contributed by atoms with E-state index in [0.717, 1.165) is 33.1 Å². The summed E-state index contributed by atoms with van der Waals surface area (Å²) >= 11 is 14.0. The minimum atomic E-state index is 0.588. The van der Waals surface area contributed by atoms with Crippen molar-refractivity contribution in [2.75, 3.05) is 0 Å². The molecule has 2 aromatic carbocycles. The summed E-state index contributed by atoms with van der Waals surface area (Å²) in [5.41, 5.74) is 4.40. The molecule has 0 aliphatic carbocycles. The number of thiophene rings is 1. The summed E-state index contributed by atoms with van der Waals surface area (Å²) in [6.07, 6.45) is 1.78. The van der Waals surface area contributed by atoms with Gasteiger partial charge in [0.05, 0.1) is 33.7 Å². The van der Waals surface area contributed by atoms with Crippen LogP contribution < -0.4 is 0 Å². The SMILES string of the molecule is Cc1ccc(-n2ncc(-c3nnnn3-c3ccc(Cl)cc3)c2-c2cccs2)cc1Cl. The fourth-order valence-electron chi connectivity index (χ4n) is 3.18. The van der Waals surface area contributed by atoms with Crippen LogP contribution >= 0.6 is 34.5 Å². The van der Waals surface area contributed by atoms with Crippen molar-refractivity contribution in [1.29, 1.82) is 0 Å². The Hall–Kier alpha value is -3.00. The summed E-state index contributed by atoms with van der Waals surface area (Å²) < 4.78 is 3.55. The van der Waals surface area contributed by atoms with Gasteiger partial charge in [0.15, 0.2) is 5.82 Å². The standard InChI is InChI=1S/C21H14Cl2N6S/c1-13-4-7-16(11-18(13)23)28-20(19-3-2-10-30-19)17(12-24-28)21-25-26-27-29(21)15-8-5-14(22)6-9-15/h2-12H,1H3. The van der Waals surface area contributed by atoms with E-state index in [1.54, 1.807) is 34.3 Å². The maximum absolute atomic E-state index is 6.38. The number of rotatable bonds is 4. The first-order valence-electron chi connectivity index (χ1n) is 9.05. The first kappa shape index (κ1) is 19.0. The van der Waals surface area contributed by atoms with E-state index in [2.05, 4.69) is 20.6 Å². The van der Waals surface area contributed by atoms with Gasteiger partial charge >= 0.3 is 0 Å². The lowest BCUT2D eigenvalue weighted by molar-refractivity contribution is 0.791. The van der Waals surface area contributed by atoms with Crippen LogP contribution in [-0.4, -0.2) is 30.0 Å². The van der Waals surface area contributed by atoms with Gasteiger partial charge in [0, 0.05) is 10.0 Å². The van der Waals surface area contributed by atoms with Crippen LogP contribution in [0.1, 0.15) is 5.56 Å². The minimum Gasteiger partial charge on any atom is -0.231 e. The molecule has 0 saturated carbocycles. The van der Waals surface area contributed by atoms with E-state index >= 15 is 0 Å². The molecule has 0 bridgehead atoms. The van der Waals surface area contributed by atoms with Crippen molar-refractivity contribution in [2.24, 2.45) is 0 Å². The molecule has 0 aliphatic rings. The Morgan fingerprint density at radius 2 is 1.73 bits per heavy atom. The number of hydrogen-bond donors (Lipinski definition) is 0. The summed E-state index contributed by atoms with van der Waals surface area (Å²) in [5, 5.41) is 20.4. The van der Waals surface area contributed by atoms with Crippen LogP contribution in [0.4, 0.5) is 0 Å². The molecule has 3 aromatic heterocycles. The predicted octanol–water partition coefficient (Wildman–Crippen LogP) is 5.86. The summed E-state index contributed by atoms with van der Waals surface area (Å²) in [7, 11) is 0. The van der Waals surface area contributed by atoms with Gasteiger partial charge in [0.1, 0.15) is 0 Å². The van der Waals surface area contributed by atoms with Crippen molar-refractivity contribution in [1.82, 2.24) is 30.0 Å². The van der Waals surface area contributed by atoms with Crippen LogP contribution in [-0.2, 0) is 0 Å². The van der Waals surface area contributed by atoms with Crippen molar-refractivity contribution >= 4 is 34.5 Å². The molecule has 0 amide bonds. The Balaban J connectivity index is 1.71. The molecule has 3 heterocycles. The molecule has 0 saturated heterocycles. The quantitative estimate of drug-likeness (QED) is 0.342. The third-order valence-corrected chi connectivity index (χ3v) is 6.24.